The lowest BCUT2D eigenvalue weighted by atomic mass is 10.0. The van der Waals surface area contributed by atoms with Gasteiger partial charge in [0, 0.05) is 11.8 Å². The third kappa shape index (κ3) is 6.51. The molecule has 3 aromatic rings. The molecule has 162 valence electrons. The third-order valence-corrected chi connectivity index (χ3v) is 4.66. The summed E-state index contributed by atoms with van der Waals surface area (Å²) in [6.45, 7) is 5.53. The minimum atomic E-state index is -0.593. The molecule has 0 aliphatic carbocycles. The van der Waals surface area contributed by atoms with E-state index >= 15 is 0 Å². The number of carbonyl (C=O) groups is 1. The second-order valence-corrected chi connectivity index (χ2v) is 8.41. The lowest BCUT2D eigenvalue weighted by Crippen LogP contribution is -2.24. The van der Waals surface area contributed by atoms with E-state index in [1.165, 1.54) is 5.56 Å². The van der Waals surface area contributed by atoms with E-state index in [0.29, 0.717) is 16.9 Å². The van der Waals surface area contributed by atoms with Crippen LogP contribution < -0.4 is 10.1 Å². The minimum absolute atomic E-state index is 0.151. The average molecular weight is 420 g/mol. The van der Waals surface area contributed by atoms with Crippen LogP contribution in [0.3, 0.4) is 0 Å². The Morgan fingerprint density at radius 1 is 0.935 bits per heavy atom. The summed E-state index contributed by atoms with van der Waals surface area (Å²) < 4.78 is 10.9. The van der Waals surface area contributed by atoms with Crippen LogP contribution in [0.4, 0.5) is 11.4 Å². The highest BCUT2D eigenvalue weighted by Crippen LogP contribution is 2.27. The summed E-state index contributed by atoms with van der Waals surface area (Å²) in [7, 11) is 1.66. The highest BCUT2D eigenvalue weighted by molar-refractivity contribution is 5.97. The Morgan fingerprint density at radius 2 is 1.65 bits per heavy atom. The Balaban J connectivity index is 1.86. The van der Waals surface area contributed by atoms with E-state index in [1.807, 2.05) is 57.2 Å². The number of aryl methyl sites for hydroxylation is 2. The van der Waals surface area contributed by atoms with Gasteiger partial charge in [0.25, 0.3) is 0 Å². The molecule has 0 spiro atoms. The van der Waals surface area contributed by atoms with Gasteiger partial charge in [-0.2, -0.15) is 0 Å². The van der Waals surface area contributed by atoms with Gasteiger partial charge in [0.05, 0.1) is 18.4 Å². The summed E-state index contributed by atoms with van der Waals surface area (Å²) in [5.41, 5.74) is 3.45. The van der Waals surface area contributed by atoms with Crippen molar-refractivity contribution in [2.75, 3.05) is 12.4 Å². The van der Waals surface area contributed by atoms with Gasteiger partial charge in [-0.25, -0.2) is 4.79 Å². The van der Waals surface area contributed by atoms with Crippen molar-refractivity contribution >= 4 is 17.3 Å². The number of methoxy groups -OCH3 is 1. The predicted molar refractivity (Wildman–Crippen MR) is 123 cm³/mol. The van der Waals surface area contributed by atoms with Crippen LogP contribution >= 0.6 is 0 Å². The van der Waals surface area contributed by atoms with Gasteiger partial charge in [-0.3, -0.25) is 0 Å². The van der Waals surface area contributed by atoms with Crippen LogP contribution in [-0.4, -0.2) is 23.8 Å². The monoisotopic (exact) mass is 419 g/mol. The molecule has 0 aliphatic heterocycles. The number of nitrogens with one attached hydrogen (secondary N) is 1. The molecule has 0 radical (unpaired) electrons. The molecule has 0 saturated carbocycles. The molecular formula is C26H29NO4. The molecule has 3 aromatic carbocycles. The van der Waals surface area contributed by atoms with Gasteiger partial charge in [-0.05, 0) is 81.1 Å². The zero-order valence-corrected chi connectivity index (χ0v) is 18.4. The van der Waals surface area contributed by atoms with Crippen LogP contribution in [0.5, 0.6) is 11.5 Å². The molecule has 0 heterocycles. The number of phenolic OH excluding ortho intramolecular Hbond substituents is 1. The topological polar surface area (TPSA) is 67.8 Å². The average Bonchev–Trinajstić information content (AvgIpc) is 2.71. The van der Waals surface area contributed by atoms with E-state index in [4.69, 9.17) is 9.47 Å². The molecule has 0 aliphatic rings. The summed E-state index contributed by atoms with van der Waals surface area (Å²) in [6, 6.07) is 20.5. The maximum Gasteiger partial charge on any atom is 0.340 e. The van der Waals surface area contributed by atoms with Crippen molar-refractivity contribution < 1.29 is 19.4 Å². The zero-order valence-electron chi connectivity index (χ0n) is 18.4. The van der Waals surface area contributed by atoms with E-state index in [0.717, 1.165) is 24.2 Å². The van der Waals surface area contributed by atoms with Gasteiger partial charge in [0.15, 0.2) is 0 Å². The molecule has 3 rings (SSSR count). The number of anilines is 2. The number of hydrogen-bond donors (Lipinski definition) is 2. The first-order valence-electron chi connectivity index (χ1n) is 10.3. The highest BCUT2D eigenvalue weighted by atomic mass is 16.6. The first-order valence-corrected chi connectivity index (χ1v) is 10.3. The lowest BCUT2D eigenvalue weighted by Gasteiger charge is -2.21. The van der Waals surface area contributed by atoms with Crippen molar-refractivity contribution in [3.8, 4) is 11.5 Å². The summed E-state index contributed by atoms with van der Waals surface area (Å²) in [5.74, 6) is 0.594. The molecule has 5 nitrogen and oxygen atoms in total. The van der Waals surface area contributed by atoms with Crippen LogP contribution in [-0.2, 0) is 17.6 Å². The van der Waals surface area contributed by atoms with E-state index in [-0.39, 0.29) is 5.75 Å². The van der Waals surface area contributed by atoms with Crippen LogP contribution in [0.15, 0.2) is 66.7 Å². The third-order valence-electron chi connectivity index (χ3n) is 4.66. The van der Waals surface area contributed by atoms with Crippen LogP contribution in [0, 0.1) is 0 Å². The number of carbonyl (C=O) groups excluding carboxylic acids is 1. The minimum Gasteiger partial charge on any atom is -0.508 e. The Morgan fingerprint density at radius 3 is 2.32 bits per heavy atom. The molecule has 0 amide bonds. The van der Waals surface area contributed by atoms with Gasteiger partial charge in [0.2, 0.25) is 0 Å². The number of phenols is 1. The van der Waals surface area contributed by atoms with E-state index in [1.54, 1.807) is 31.4 Å². The summed E-state index contributed by atoms with van der Waals surface area (Å²) in [4.78, 5) is 12.8. The van der Waals surface area contributed by atoms with Gasteiger partial charge >= 0.3 is 5.97 Å². The standard InChI is InChI=1S/C26H29NO4/c1-26(2,3)31-25(29)23-14-13-19(12-11-18-7-5-10-22(15-18)30-4)16-24(23)27-20-8-6-9-21(28)17-20/h5-10,13-17,27-28H,11-12H2,1-4H3. The van der Waals surface area contributed by atoms with Crippen LogP contribution in [0.2, 0.25) is 0 Å². The number of aromatic hydroxyl groups is 1. The van der Waals surface area contributed by atoms with Gasteiger partial charge in [-0.1, -0.05) is 24.3 Å². The molecule has 31 heavy (non-hydrogen) atoms. The summed E-state index contributed by atoms with van der Waals surface area (Å²) >= 11 is 0. The smallest absolute Gasteiger partial charge is 0.340 e. The van der Waals surface area contributed by atoms with Gasteiger partial charge in [0.1, 0.15) is 17.1 Å². The van der Waals surface area contributed by atoms with Crippen molar-refractivity contribution in [3.63, 3.8) is 0 Å². The molecule has 0 atom stereocenters. The first kappa shape index (κ1) is 22.2. The van der Waals surface area contributed by atoms with Crippen molar-refractivity contribution in [3.05, 3.63) is 83.4 Å². The molecule has 0 aromatic heterocycles. The second-order valence-electron chi connectivity index (χ2n) is 8.41. The maximum absolute atomic E-state index is 12.8. The van der Waals surface area contributed by atoms with E-state index < -0.39 is 11.6 Å². The number of hydrogen-bond acceptors (Lipinski definition) is 5. The number of rotatable bonds is 7. The van der Waals surface area contributed by atoms with Crippen LogP contribution in [0.1, 0.15) is 42.3 Å². The molecule has 0 fully saturated rings. The Bertz CT molecular complexity index is 1050. The van der Waals surface area contributed by atoms with E-state index in [9.17, 15) is 9.90 Å². The number of benzene rings is 3. The molecule has 5 heteroatoms. The molecule has 0 saturated heterocycles. The Hall–Kier alpha value is -3.47. The highest BCUT2D eigenvalue weighted by Gasteiger charge is 2.21. The quantitative estimate of drug-likeness (QED) is 0.468. The predicted octanol–water partition coefficient (Wildman–Crippen LogP) is 5.88. The van der Waals surface area contributed by atoms with Crippen molar-refractivity contribution in [1.29, 1.82) is 0 Å². The van der Waals surface area contributed by atoms with Crippen molar-refractivity contribution in [2.45, 2.75) is 39.2 Å². The fraction of sp³-hybridized carbons (Fsp3) is 0.269. The van der Waals surface area contributed by atoms with Crippen LogP contribution in [0.25, 0.3) is 0 Å². The molecule has 0 bridgehead atoms. The fourth-order valence-electron chi connectivity index (χ4n) is 3.22. The zero-order chi connectivity index (χ0) is 22.4. The van der Waals surface area contributed by atoms with Gasteiger partial charge < -0.3 is 19.9 Å². The molecular weight excluding hydrogens is 390 g/mol. The van der Waals surface area contributed by atoms with Crippen molar-refractivity contribution in [2.24, 2.45) is 0 Å². The summed E-state index contributed by atoms with van der Waals surface area (Å²) in [6.07, 6.45) is 1.64. The normalized spacial score (nSPS) is 11.1. The number of ether oxygens (including phenoxy) is 2. The largest absolute Gasteiger partial charge is 0.508 e. The summed E-state index contributed by atoms with van der Waals surface area (Å²) in [5, 5.41) is 13.0. The second kappa shape index (κ2) is 9.56. The Labute approximate surface area is 183 Å². The van der Waals surface area contributed by atoms with Gasteiger partial charge in [-0.15, -0.1) is 0 Å². The lowest BCUT2D eigenvalue weighted by molar-refractivity contribution is 0.00707. The molecule has 0 unspecified atom stereocenters. The van der Waals surface area contributed by atoms with Crippen molar-refractivity contribution in [1.82, 2.24) is 0 Å². The fourth-order valence-corrected chi connectivity index (χ4v) is 3.22. The molecule has 2 N–H and O–H groups in total. The number of esters is 1. The Kier molecular flexibility index (Phi) is 6.85. The maximum atomic E-state index is 12.8. The first-order chi connectivity index (χ1) is 14.7. The SMILES string of the molecule is COc1cccc(CCc2ccc(C(=O)OC(C)(C)C)c(Nc3cccc(O)c3)c2)c1. The van der Waals surface area contributed by atoms with E-state index in [2.05, 4.69) is 11.4 Å².